The second-order valence-electron chi connectivity index (χ2n) is 5.75. The second-order valence-corrected chi connectivity index (χ2v) is 8.88. The number of thioether (sulfide) groups is 1. The fraction of sp³-hybridized carbons (Fsp3) is 0.353. The van der Waals surface area contributed by atoms with Gasteiger partial charge in [-0.25, -0.2) is 4.98 Å². The molecule has 3 aromatic rings. The SMILES string of the molecule is CC(C)OC(=O)CSC(C)c1nc2scc(-c3cccs3)c2c(=O)[nH]1. The second kappa shape index (κ2) is 7.72. The fourth-order valence-electron chi connectivity index (χ4n) is 2.34. The topological polar surface area (TPSA) is 72.0 Å². The Bertz CT molecular complexity index is 928. The number of fused-ring (bicyclic) bond motifs is 1. The van der Waals surface area contributed by atoms with Gasteiger partial charge in [0.05, 0.1) is 22.5 Å². The van der Waals surface area contributed by atoms with Gasteiger partial charge in [0.1, 0.15) is 10.7 Å². The molecule has 1 unspecified atom stereocenters. The smallest absolute Gasteiger partial charge is 0.316 e. The Balaban J connectivity index is 1.82. The number of hydrogen-bond donors (Lipinski definition) is 1. The van der Waals surface area contributed by atoms with Crippen LogP contribution in [0.25, 0.3) is 20.7 Å². The number of aromatic nitrogens is 2. The number of ether oxygens (including phenoxy) is 1. The predicted octanol–water partition coefficient (Wildman–Crippen LogP) is 4.46. The number of nitrogens with one attached hydrogen (secondary N) is 1. The minimum atomic E-state index is -0.258. The van der Waals surface area contributed by atoms with Crippen molar-refractivity contribution in [2.45, 2.75) is 32.1 Å². The summed E-state index contributed by atoms with van der Waals surface area (Å²) < 4.78 is 5.13. The summed E-state index contributed by atoms with van der Waals surface area (Å²) >= 11 is 4.47. The average molecular weight is 395 g/mol. The lowest BCUT2D eigenvalue weighted by Gasteiger charge is -2.11. The zero-order chi connectivity index (χ0) is 18.0. The number of carbonyl (C=O) groups is 1. The highest BCUT2D eigenvalue weighted by Crippen LogP contribution is 2.34. The standard InChI is InChI=1S/C17H18N2O3S3/c1-9(2)22-13(20)8-24-10(3)15-18-16(21)14-11(7-25-17(14)19-15)12-5-4-6-23-12/h4-7,9-10H,8H2,1-3H3,(H,18,19,21). The van der Waals surface area contributed by atoms with Crippen LogP contribution in [0.3, 0.4) is 0 Å². The molecule has 3 rings (SSSR count). The summed E-state index contributed by atoms with van der Waals surface area (Å²) in [5, 5.41) is 4.49. The number of thiophene rings is 2. The highest BCUT2D eigenvalue weighted by molar-refractivity contribution is 8.00. The van der Waals surface area contributed by atoms with Crippen LogP contribution >= 0.6 is 34.4 Å². The Morgan fingerprint density at radius 2 is 2.16 bits per heavy atom. The van der Waals surface area contributed by atoms with Crippen molar-refractivity contribution in [1.29, 1.82) is 0 Å². The molecule has 1 atom stereocenters. The quantitative estimate of drug-likeness (QED) is 0.625. The molecule has 0 aromatic carbocycles. The lowest BCUT2D eigenvalue weighted by Crippen LogP contribution is -2.15. The van der Waals surface area contributed by atoms with Crippen molar-refractivity contribution in [2.24, 2.45) is 0 Å². The summed E-state index contributed by atoms with van der Waals surface area (Å²) in [4.78, 5) is 33.5. The molecule has 0 aliphatic carbocycles. The van der Waals surface area contributed by atoms with Gasteiger partial charge in [-0.1, -0.05) is 6.07 Å². The van der Waals surface area contributed by atoms with Crippen LogP contribution in [0, 0.1) is 0 Å². The average Bonchev–Trinajstić information content (AvgIpc) is 3.20. The Morgan fingerprint density at radius 1 is 1.36 bits per heavy atom. The minimum absolute atomic E-state index is 0.107. The predicted molar refractivity (Wildman–Crippen MR) is 106 cm³/mol. The van der Waals surface area contributed by atoms with Crippen LogP contribution in [-0.4, -0.2) is 27.8 Å². The maximum Gasteiger partial charge on any atom is 0.316 e. The van der Waals surface area contributed by atoms with Crippen molar-refractivity contribution in [1.82, 2.24) is 9.97 Å². The van der Waals surface area contributed by atoms with E-state index in [2.05, 4.69) is 9.97 Å². The van der Waals surface area contributed by atoms with Crippen molar-refractivity contribution in [2.75, 3.05) is 5.75 Å². The van der Waals surface area contributed by atoms with Gasteiger partial charge in [0.15, 0.2) is 0 Å². The number of H-pyrrole nitrogens is 1. The summed E-state index contributed by atoms with van der Waals surface area (Å²) in [6.07, 6.45) is -0.125. The van der Waals surface area contributed by atoms with Gasteiger partial charge >= 0.3 is 5.97 Å². The molecule has 5 nitrogen and oxygen atoms in total. The van der Waals surface area contributed by atoms with Crippen LogP contribution in [0.15, 0.2) is 27.7 Å². The molecule has 3 aromatic heterocycles. The maximum absolute atomic E-state index is 12.6. The molecule has 25 heavy (non-hydrogen) atoms. The van der Waals surface area contributed by atoms with E-state index in [0.717, 1.165) is 15.3 Å². The van der Waals surface area contributed by atoms with E-state index in [1.165, 1.54) is 23.1 Å². The van der Waals surface area contributed by atoms with Gasteiger partial charge in [0, 0.05) is 15.8 Å². The molecule has 0 bridgehead atoms. The Hall–Kier alpha value is -1.64. The van der Waals surface area contributed by atoms with E-state index >= 15 is 0 Å². The molecule has 132 valence electrons. The number of esters is 1. The first kappa shape index (κ1) is 18.2. The molecule has 0 aliphatic rings. The molecule has 0 spiro atoms. The molecule has 8 heteroatoms. The van der Waals surface area contributed by atoms with Crippen LogP contribution in [-0.2, 0) is 9.53 Å². The third-order valence-electron chi connectivity index (χ3n) is 3.45. The fourth-order valence-corrected chi connectivity index (χ4v) is 4.83. The lowest BCUT2D eigenvalue weighted by molar-refractivity contribution is -0.144. The van der Waals surface area contributed by atoms with Gasteiger partial charge < -0.3 is 9.72 Å². The van der Waals surface area contributed by atoms with Crippen molar-refractivity contribution >= 4 is 50.6 Å². The normalized spacial score (nSPS) is 12.6. The summed E-state index contributed by atoms with van der Waals surface area (Å²) in [5.41, 5.74) is 0.790. The molecule has 0 radical (unpaired) electrons. The number of hydrogen-bond acceptors (Lipinski definition) is 7. The first-order chi connectivity index (χ1) is 12.0. The number of carbonyl (C=O) groups excluding carboxylic acids is 1. The summed E-state index contributed by atoms with van der Waals surface area (Å²) in [7, 11) is 0. The van der Waals surface area contributed by atoms with Gasteiger partial charge in [-0.05, 0) is 32.2 Å². The molecule has 3 heterocycles. The van der Waals surface area contributed by atoms with Gasteiger partial charge in [0.2, 0.25) is 0 Å². The van der Waals surface area contributed by atoms with E-state index in [9.17, 15) is 9.59 Å². The van der Waals surface area contributed by atoms with E-state index in [4.69, 9.17) is 4.74 Å². The first-order valence-electron chi connectivity index (χ1n) is 7.82. The highest BCUT2D eigenvalue weighted by atomic mass is 32.2. The lowest BCUT2D eigenvalue weighted by atomic mass is 10.2. The highest BCUT2D eigenvalue weighted by Gasteiger charge is 2.17. The van der Waals surface area contributed by atoms with Crippen molar-refractivity contribution in [3.8, 4) is 10.4 Å². The Kier molecular flexibility index (Phi) is 5.61. The van der Waals surface area contributed by atoms with Crippen LogP contribution in [0.2, 0.25) is 0 Å². The zero-order valence-corrected chi connectivity index (χ0v) is 16.5. The van der Waals surface area contributed by atoms with E-state index in [1.807, 2.05) is 43.7 Å². The largest absolute Gasteiger partial charge is 0.462 e. The molecular formula is C17H18N2O3S3. The number of rotatable bonds is 6. The van der Waals surface area contributed by atoms with Gasteiger partial charge in [-0.3, -0.25) is 9.59 Å². The third-order valence-corrected chi connectivity index (χ3v) is 6.35. The van der Waals surface area contributed by atoms with Crippen molar-refractivity contribution in [3.05, 3.63) is 39.1 Å². The zero-order valence-electron chi connectivity index (χ0n) is 14.1. The van der Waals surface area contributed by atoms with Gasteiger partial charge in [-0.15, -0.1) is 34.4 Å². The van der Waals surface area contributed by atoms with Crippen molar-refractivity contribution < 1.29 is 9.53 Å². The third kappa shape index (κ3) is 4.13. The van der Waals surface area contributed by atoms with Crippen molar-refractivity contribution in [3.63, 3.8) is 0 Å². The van der Waals surface area contributed by atoms with Crippen LogP contribution in [0.4, 0.5) is 0 Å². The molecule has 0 fully saturated rings. The number of nitrogens with zero attached hydrogens (tertiary/aromatic N) is 1. The monoisotopic (exact) mass is 394 g/mol. The van der Waals surface area contributed by atoms with Gasteiger partial charge in [-0.2, -0.15) is 0 Å². The Morgan fingerprint density at radius 3 is 2.84 bits per heavy atom. The van der Waals surface area contributed by atoms with Crippen LogP contribution < -0.4 is 5.56 Å². The molecule has 0 aliphatic heterocycles. The van der Waals surface area contributed by atoms with E-state index in [1.54, 1.807) is 11.3 Å². The maximum atomic E-state index is 12.6. The van der Waals surface area contributed by atoms with Crippen LogP contribution in [0.1, 0.15) is 31.8 Å². The minimum Gasteiger partial charge on any atom is -0.462 e. The molecule has 0 saturated heterocycles. The van der Waals surface area contributed by atoms with Gasteiger partial charge in [0.25, 0.3) is 5.56 Å². The Labute approximate surface area is 157 Å². The van der Waals surface area contributed by atoms with E-state index < -0.39 is 0 Å². The summed E-state index contributed by atoms with van der Waals surface area (Å²) in [5.74, 6) is 0.553. The summed E-state index contributed by atoms with van der Waals surface area (Å²) in [6.45, 7) is 5.56. The number of aromatic amines is 1. The molecule has 1 N–H and O–H groups in total. The van der Waals surface area contributed by atoms with E-state index in [-0.39, 0.29) is 28.6 Å². The first-order valence-corrected chi connectivity index (χ1v) is 10.6. The summed E-state index contributed by atoms with van der Waals surface area (Å²) in [6, 6.07) is 3.97. The van der Waals surface area contributed by atoms with E-state index in [0.29, 0.717) is 11.2 Å². The molecule has 0 amide bonds. The molecule has 0 saturated carbocycles. The molecular weight excluding hydrogens is 376 g/mol. The van der Waals surface area contributed by atoms with Crippen LogP contribution in [0.5, 0.6) is 0 Å².